The number of ether oxygens (including phenoxy) is 2. The van der Waals surface area contributed by atoms with Gasteiger partial charge in [-0.2, -0.15) is 4.98 Å². The summed E-state index contributed by atoms with van der Waals surface area (Å²) in [5.41, 5.74) is -1.08. The van der Waals surface area contributed by atoms with E-state index in [0.29, 0.717) is 42.5 Å². The van der Waals surface area contributed by atoms with Crippen LogP contribution in [0.15, 0.2) is 63.6 Å². The predicted octanol–water partition coefficient (Wildman–Crippen LogP) is 4.88. The molecule has 1 aromatic carbocycles. The average Bonchev–Trinajstić information content (AvgIpc) is 3.94. The van der Waals surface area contributed by atoms with E-state index < -0.39 is 74.3 Å². The minimum Gasteiger partial charge on any atom is -0.470 e. The predicted molar refractivity (Wildman–Crippen MR) is 206 cm³/mol. The number of fused-ring (bicyclic) bond motifs is 5. The number of nitrogens with one attached hydrogen (secondary N) is 3. The first-order chi connectivity index (χ1) is 27.2. The van der Waals surface area contributed by atoms with Crippen molar-refractivity contribution in [3.63, 3.8) is 0 Å². The number of furan rings is 2. The summed E-state index contributed by atoms with van der Waals surface area (Å²) < 4.78 is 51.9. The lowest BCUT2D eigenvalue weighted by molar-refractivity contribution is -0.141. The van der Waals surface area contributed by atoms with Crippen LogP contribution in [0, 0.1) is 5.92 Å². The molecule has 5 atom stereocenters. The van der Waals surface area contributed by atoms with Crippen molar-refractivity contribution in [3.05, 3.63) is 54.8 Å². The van der Waals surface area contributed by atoms with Gasteiger partial charge in [0.25, 0.3) is 11.8 Å². The van der Waals surface area contributed by atoms with Crippen molar-refractivity contribution in [1.82, 2.24) is 30.2 Å². The van der Waals surface area contributed by atoms with Crippen LogP contribution in [0.25, 0.3) is 33.7 Å². The Morgan fingerprint density at radius 2 is 1.84 bits per heavy atom. The molecule has 0 spiro atoms. The minimum absolute atomic E-state index is 0.0306. The van der Waals surface area contributed by atoms with Gasteiger partial charge in [0.05, 0.1) is 18.1 Å². The Morgan fingerprint density at radius 3 is 2.60 bits per heavy atom. The average molecular weight is 803 g/mol. The summed E-state index contributed by atoms with van der Waals surface area (Å²) in [6.07, 6.45) is 7.83. The number of alkyl carbamates (subject to hydrolysis) is 1. The normalized spacial score (nSPS) is 26.4. The molecule has 2 aliphatic heterocycles. The van der Waals surface area contributed by atoms with Gasteiger partial charge in [0.2, 0.25) is 27.4 Å². The maximum absolute atomic E-state index is 14.6. The van der Waals surface area contributed by atoms with E-state index in [4.69, 9.17) is 23.3 Å². The lowest BCUT2D eigenvalue weighted by Crippen LogP contribution is -2.58. The topological polar surface area (TPSA) is 212 Å². The number of para-hydroxylation sites is 1. The van der Waals surface area contributed by atoms with E-state index in [-0.39, 0.29) is 43.1 Å². The van der Waals surface area contributed by atoms with Crippen molar-refractivity contribution in [3.8, 4) is 17.5 Å². The summed E-state index contributed by atoms with van der Waals surface area (Å²) in [7, 11) is -3.92. The second kappa shape index (κ2) is 14.8. The molecule has 1 saturated heterocycles. The van der Waals surface area contributed by atoms with Crippen LogP contribution in [0.5, 0.6) is 5.88 Å². The molecular formula is C40H46N6O10S. The zero-order valence-electron chi connectivity index (χ0n) is 32.0. The van der Waals surface area contributed by atoms with Crippen molar-refractivity contribution in [2.24, 2.45) is 5.92 Å². The van der Waals surface area contributed by atoms with Crippen LogP contribution in [-0.2, 0) is 29.1 Å². The van der Waals surface area contributed by atoms with Crippen LogP contribution in [-0.4, -0.2) is 88.2 Å². The molecule has 3 N–H and O–H groups in total. The van der Waals surface area contributed by atoms with Crippen molar-refractivity contribution in [1.29, 1.82) is 0 Å². The Bertz CT molecular complexity index is 2350. The summed E-state index contributed by atoms with van der Waals surface area (Å²) in [5.74, 6) is -1.77. The van der Waals surface area contributed by atoms with E-state index in [1.807, 2.05) is 30.4 Å². The van der Waals surface area contributed by atoms with Gasteiger partial charge in [-0.15, -0.1) is 0 Å². The van der Waals surface area contributed by atoms with Gasteiger partial charge in [-0.3, -0.25) is 19.1 Å². The van der Waals surface area contributed by atoms with Crippen LogP contribution in [0.3, 0.4) is 0 Å². The summed E-state index contributed by atoms with van der Waals surface area (Å²) in [4.78, 5) is 66.7. The Kier molecular flexibility index (Phi) is 9.98. The Morgan fingerprint density at radius 1 is 1.04 bits per heavy atom. The molecule has 2 aliphatic carbocycles. The largest absolute Gasteiger partial charge is 0.470 e. The number of sulfonamides is 1. The van der Waals surface area contributed by atoms with E-state index in [0.717, 1.165) is 18.2 Å². The summed E-state index contributed by atoms with van der Waals surface area (Å²) in [6, 6.07) is 8.54. The maximum atomic E-state index is 14.6. The number of allylic oxidation sites excluding steroid dienone is 1. The van der Waals surface area contributed by atoms with E-state index in [2.05, 4.69) is 20.3 Å². The quantitative estimate of drug-likeness (QED) is 0.214. The zero-order valence-corrected chi connectivity index (χ0v) is 32.8. The van der Waals surface area contributed by atoms with Crippen LogP contribution in [0.2, 0.25) is 0 Å². The molecule has 2 saturated carbocycles. The van der Waals surface area contributed by atoms with E-state index in [9.17, 15) is 27.6 Å². The number of amides is 4. The Hall–Kier alpha value is -5.45. The SMILES string of the molecule is CC(C)(C)OC(=O)N[C@H]1CCCCC/C=C\[C@H]2C[C@@]2(C(=O)NS(=O)(=O)C2CC2)NC(=O)[C@@H]2C[C@@H](Oc3nc(-c4ccco4)nc4c3oc3ccccc34)CN2C1=O. The third-order valence-corrected chi connectivity index (χ3v) is 12.6. The number of aromatic nitrogens is 2. The molecule has 4 aliphatic rings. The van der Waals surface area contributed by atoms with Gasteiger partial charge in [0, 0.05) is 17.7 Å². The van der Waals surface area contributed by atoms with E-state index in [1.54, 1.807) is 39.0 Å². The van der Waals surface area contributed by atoms with Crippen LogP contribution in [0.4, 0.5) is 4.79 Å². The number of rotatable bonds is 7. The second-order valence-corrected chi connectivity index (χ2v) is 18.3. The fourth-order valence-corrected chi connectivity index (χ4v) is 8.98. The Labute approximate surface area is 329 Å². The highest BCUT2D eigenvalue weighted by Crippen LogP contribution is 2.46. The first-order valence-corrected chi connectivity index (χ1v) is 21.0. The molecule has 0 unspecified atom stereocenters. The maximum Gasteiger partial charge on any atom is 0.408 e. The number of hydrogen-bond donors (Lipinski definition) is 3. The highest BCUT2D eigenvalue weighted by molar-refractivity contribution is 7.91. The first kappa shape index (κ1) is 38.4. The highest BCUT2D eigenvalue weighted by Gasteiger charge is 2.62. The van der Waals surface area contributed by atoms with Crippen molar-refractivity contribution in [2.75, 3.05) is 6.54 Å². The summed E-state index contributed by atoms with van der Waals surface area (Å²) in [5, 5.41) is 5.69. The highest BCUT2D eigenvalue weighted by atomic mass is 32.2. The van der Waals surface area contributed by atoms with Gasteiger partial charge in [-0.25, -0.2) is 18.2 Å². The number of benzene rings is 1. The first-order valence-electron chi connectivity index (χ1n) is 19.5. The third-order valence-electron chi connectivity index (χ3n) is 10.7. The lowest BCUT2D eigenvalue weighted by atomic mass is 10.0. The lowest BCUT2D eigenvalue weighted by Gasteiger charge is -2.30. The minimum atomic E-state index is -3.92. The smallest absolute Gasteiger partial charge is 0.408 e. The van der Waals surface area contributed by atoms with Gasteiger partial charge >= 0.3 is 6.09 Å². The molecule has 57 heavy (non-hydrogen) atoms. The van der Waals surface area contributed by atoms with Gasteiger partial charge in [0.15, 0.2) is 11.6 Å². The number of carbonyl (C=O) groups is 4. The molecular weight excluding hydrogens is 757 g/mol. The van der Waals surface area contributed by atoms with Gasteiger partial charge in [0.1, 0.15) is 40.4 Å². The second-order valence-electron chi connectivity index (χ2n) is 16.3. The fraction of sp³-hybridized carbons (Fsp3) is 0.500. The molecule has 4 aromatic rings. The number of nitrogens with zero attached hydrogens (tertiary/aromatic N) is 3. The standard InChI is InChI=1S/C40H46N6O10S/c1-39(2,3)56-38(50)41-27-14-8-6-4-5-7-12-23-21-40(23,37(49)45-57(51,52)25-17-18-25)44-34(47)28-20-24(22-46(28)36(27)48)54-35-32-31(26-13-9-10-15-29(26)55-32)42-33(43-35)30-16-11-19-53-30/h7,9-13,15-16,19,23-25,27-28H,4-6,8,14,17-18,20-22H2,1-3H3,(H,41,50)(H,44,47)(H,45,49)/b12-7-/t23-,24+,27-,28-,40+/m0/s1. The van der Waals surface area contributed by atoms with E-state index in [1.165, 1.54) is 11.2 Å². The van der Waals surface area contributed by atoms with Crippen molar-refractivity contribution in [2.45, 2.75) is 113 Å². The van der Waals surface area contributed by atoms with Gasteiger partial charge < -0.3 is 33.8 Å². The molecule has 302 valence electrons. The number of hydrogen-bond acceptors (Lipinski definition) is 12. The monoisotopic (exact) mass is 802 g/mol. The van der Waals surface area contributed by atoms with Crippen LogP contribution in [0.1, 0.15) is 78.6 Å². The molecule has 3 aromatic heterocycles. The zero-order chi connectivity index (χ0) is 40.1. The molecule has 16 nitrogen and oxygen atoms in total. The van der Waals surface area contributed by atoms with Crippen LogP contribution >= 0.6 is 0 Å². The van der Waals surface area contributed by atoms with Crippen molar-refractivity contribution >= 4 is 55.9 Å². The van der Waals surface area contributed by atoms with Crippen LogP contribution < -0.4 is 20.1 Å². The van der Waals surface area contributed by atoms with Gasteiger partial charge in [-0.05, 0) is 83.6 Å². The number of carbonyl (C=O) groups excluding carboxylic acids is 4. The molecule has 8 rings (SSSR count). The Balaban J connectivity index is 1.14. The molecule has 3 fully saturated rings. The third kappa shape index (κ3) is 8.06. The molecule has 4 amide bonds. The molecule has 5 heterocycles. The molecule has 0 bridgehead atoms. The van der Waals surface area contributed by atoms with Gasteiger partial charge in [-0.1, -0.05) is 37.1 Å². The van der Waals surface area contributed by atoms with Crippen molar-refractivity contribution < 1.29 is 45.9 Å². The summed E-state index contributed by atoms with van der Waals surface area (Å²) in [6.45, 7) is 5.07. The molecule has 0 radical (unpaired) electrons. The fourth-order valence-electron chi connectivity index (χ4n) is 7.62. The molecule has 17 heteroatoms. The van der Waals surface area contributed by atoms with E-state index >= 15 is 0 Å². The summed E-state index contributed by atoms with van der Waals surface area (Å²) >= 11 is 0.